The Labute approximate surface area is 122 Å². The molecule has 1 fully saturated rings. The van der Waals surface area contributed by atoms with Crippen LogP contribution in [0.4, 0.5) is 11.4 Å². The van der Waals surface area contributed by atoms with Gasteiger partial charge >= 0.3 is 0 Å². The fraction of sp³-hybridized carbons (Fsp3) is 0.500. The molecule has 1 aromatic carbocycles. The Kier molecular flexibility index (Phi) is 4.74. The first kappa shape index (κ1) is 15.2. The minimum Gasteiger partial charge on any atom is -0.393 e. The number of carbonyl (C=O) groups is 1. The van der Waals surface area contributed by atoms with Crippen molar-refractivity contribution in [3.05, 3.63) is 33.9 Å². The Bertz CT molecular complexity index is 541. The first-order valence-electron chi connectivity index (χ1n) is 6.98. The highest BCUT2D eigenvalue weighted by Crippen LogP contribution is 2.31. The van der Waals surface area contributed by atoms with E-state index in [0.29, 0.717) is 24.7 Å². The predicted molar refractivity (Wildman–Crippen MR) is 78.4 cm³/mol. The van der Waals surface area contributed by atoms with E-state index in [0.717, 1.165) is 12.8 Å². The van der Waals surface area contributed by atoms with Crippen molar-refractivity contribution in [2.24, 2.45) is 0 Å². The SMILES string of the molecule is CC(O)CCNC(=O)c1ccc(NC2CC2)c([N+](=O)[O-])c1. The number of anilines is 1. The molecule has 3 N–H and O–H groups in total. The topological polar surface area (TPSA) is 104 Å². The average molecular weight is 293 g/mol. The number of carbonyl (C=O) groups excluding carboxylic acids is 1. The molecule has 0 bridgehead atoms. The van der Waals surface area contributed by atoms with E-state index < -0.39 is 11.0 Å². The van der Waals surface area contributed by atoms with Crippen LogP contribution in [-0.4, -0.2) is 34.6 Å². The number of hydrogen-bond acceptors (Lipinski definition) is 5. The molecule has 1 aromatic rings. The molecule has 0 aromatic heterocycles. The van der Waals surface area contributed by atoms with Gasteiger partial charge in [-0.3, -0.25) is 14.9 Å². The van der Waals surface area contributed by atoms with Gasteiger partial charge in [0.2, 0.25) is 0 Å². The Morgan fingerprint density at radius 2 is 2.24 bits per heavy atom. The average Bonchev–Trinajstić information content (AvgIpc) is 3.22. The lowest BCUT2D eigenvalue weighted by Gasteiger charge is -2.09. The van der Waals surface area contributed by atoms with Gasteiger partial charge < -0.3 is 15.7 Å². The molecule has 7 heteroatoms. The molecule has 0 aliphatic heterocycles. The van der Waals surface area contributed by atoms with Crippen LogP contribution in [0.25, 0.3) is 0 Å². The molecule has 0 radical (unpaired) electrons. The molecule has 2 rings (SSSR count). The number of aliphatic hydroxyl groups excluding tert-OH is 1. The van der Waals surface area contributed by atoms with Crippen LogP contribution in [0.2, 0.25) is 0 Å². The number of aliphatic hydroxyl groups is 1. The summed E-state index contributed by atoms with van der Waals surface area (Å²) < 4.78 is 0. The maximum atomic E-state index is 11.9. The lowest BCUT2D eigenvalue weighted by Crippen LogP contribution is -2.26. The highest BCUT2D eigenvalue weighted by Gasteiger charge is 2.25. The molecule has 114 valence electrons. The van der Waals surface area contributed by atoms with E-state index in [4.69, 9.17) is 5.11 Å². The van der Waals surface area contributed by atoms with Crippen LogP contribution in [0.5, 0.6) is 0 Å². The van der Waals surface area contributed by atoms with E-state index >= 15 is 0 Å². The zero-order chi connectivity index (χ0) is 15.4. The highest BCUT2D eigenvalue weighted by atomic mass is 16.6. The fourth-order valence-corrected chi connectivity index (χ4v) is 1.89. The van der Waals surface area contributed by atoms with Crippen LogP contribution in [0.1, 0.15) is 36.5 Å². The predicted octanol–water partition coefficient (Wildman–Crippen LogP) is 1.67. The first-order chi connectivity index (χ1) is 9.97. The molecule has 0 spiro atoms. The third kappa shape index (κ3) is 4.42. The van der Waals surface area contributed by atoms with Gasteiger partial charge in [-0.2, -0.15) is 0 Å². The van der Waals surface area contributed by atoms with Crippen LogP contribution >= 0.6 is 0 Å². The Balaban J connectivity index is 2.07. The number of benzene rings is 1. The number of nitro benzene ring substituents is 1. The number of nitrogens with zero attached hydrogens (tertiary/aromatic N) is 1. The molecule has 0 heterocycles. The van der Waals surface area contributed by atoms with Gasteiger partial charge in [0.25, 0.3) is 11.6 Å². The maximum absolute atomic E-state index is 11.9. The molecule has 1 atom stereocenters. The highest BCUT2D eigenvalue weighted by molar-refractivity contribution is 5.95. The first-order valence-corrected chi connectivity index (χ1v) is 6.98. The van der Waals surface area contributed by atoms with Gasteiger partial charge in [0, 0.05) is 24.2 Å². The van der Waals surface area contributed by atoms with Crippen molar-refractivity contribution < 1.29 is 14.8 Å². The summed E-state index contributed by atoms with van der Waals surface area (Å²) >= 11 is 0. The summed E-state index contributed by atoms with van der Waals surface area (Å²) in [5.74, 6) is -0.378. The fourth-order valence-electron chi connectivity index (χ4n) is 1.89. The van der Waals surface area contributed by atoms with Gasteiger partial charge in [0.05, 0.1) is 11.0 Å². The van der Waals surface area contributed by atoms with Gasteiger partial charge in [0.1, 0.15) is 5.69 Å². The number of nitro groups is 1. The van der Waals surface area contributed by atoms with Crippen molar-refractivity contribution >= 4 is 17.3 Å². The van der Waals surface area contributed by atoms with Crippen molar-refractivity contribution in [3.63, 3.8) is 0 Å². The molecule has 1 amide bonds. The zero-order valence-electron chi connectivity index (χ0n) is 11.8. The van der Waals surface area contributed by atoms with Crippen LogP contribution in [0, 0.1) is 10.1 Å². The molecule has 21 heavy (non-hydrogen) atoms. The molecule has 7 nitrogen and oxygen atoms in total. The van der Waals surface area contributed by atoms with Crippen molar-refractivity contribution in [3.8, 4) is 0 Å². The normalized spacial score (nSPS) is 15.3. The summed E-state index contributed by atoms with van der Waals surface area (Å²) in [6, 6.07) is 4.71. The van der Waals surface area contributed by atoms with Gasteiger partial charge in [0.15, 0.2) is 0 Å². The number of hydrogen-bond donors (Lipinski definition) is 3. The third-order valence-corrected chi connectivity index (χ3v) is 3.24. The number of nitrogens with one attached hydrogen (secondary N) is 2. The Morgan fingerprint density at radius 3 is 2.81 bits per heavy atom. The summed E-state index contributed by atoms with van der Waals surface area (Å²) in [7, 11) is 0. The van der Waals surface area contributed by atoms with Crippen LogP contribution in [0.3, 0.4) is 0 Å². The van der Waals surface area contributed by atoms with Crippen LogP contribution in [0.15, 0.2) is 18.2 Å². The van der Waals surface area contributed by atoms with E-state index in [-0.39, 0.29) is 17.2 Å². The lowest BCUT2D eigenvalue weighted by atomic mass is 10.1. The van der Waals surface area contributed by atoms with Crippen molar-refractivity contribution in [1.82, 2.24) is 5.32 Å². The van der Waals surface area contributed by atoms with Crippen LogP contribution < -0.4 is 10.6 Å². The van der Waals surface area contributed by atoms with Crippen LogP contribution in [-0.2, 0) is 0 Å². The Morgan fingerprint density at radius 1 is 1.52 bits per heavy atom. The van der Waals surface area contributed by atoms with E-state index in [9.17, 15) is 14.9 Å². The smallest absolute Gasteiger partial charge is 0.293 e. The zero-order valence-corrected chi connectivity index (χ0v) is 11.8. The van der Waals surface area contributed by atoms with E-state index in [1.165, 1.54) is 6.07 Å². The minimum absolute atomic E-state index is 0.0925. The second-order valence-electron chi connectivity index (χ2n) is 5.30. The third-order valence-electron chi connectivity index (χ3n) is 3.24. The van der Waals surface area contributed by atoms with E-state index in [1.807, 2.05) is 0 Å². The molecular weight excluding hydrogens is 274 g/mol. The number of amides is 1. The largest absolute Gasteiger partial charge is 0.393 e. The van der Waals surface area contributed by atoms with E-state index in [1.54, 1.807) is 19.1 Å². The van der Waals surface area contributed by atoms with Crippen molar-refractivity contribution in [2.75, 3.05) is 11.9 Å². The van der Waals surface area contributed by atoms with Gasteiger partial charge in [-0.05, 0) is 38.3 Å². The molecule has 1 saturated carbocycles. The standard InChI is InChI=1S/C14H19N3O4/c1-9(18)6-7-15-14(19)10-2-5-12(16-11-3-4-11)13(8-10)17(20)21/h2,5,8-9,11,16,18H,3-4,6-7H2,1H3,(H,15,19). The quantitative estimate of drug-likeness (QED) is 0.524. The summed E-state index contributed by atoms with van der Waals surface area (Å²) in [4.78, 5) is 22.5. The van der Waals surface area contributed by atoms with Crippen molar-refractivity contribution in [1.29, 1.82) is 0 Å². The molecule has 0 saturated heterocycles. The summed E-state index contributed by atoms with van der Waals surface area (Å²) in [5.41, 5.74) is 0.599. The van der Waals surface area contributed by atoms with Crippen molar-refractivity contribution in [2.45, 2.75) is 38.3 Å². The molecule has 1 unspecified atom stereocenters. The molecule has 1 aliphatic rings. The molecule has 1 aliphatic carbocycles. The second kappa shape index (κ2) is 6.53. The maximum Gasteiger partial charge on any atom is 0.293 e. The van der Waals surface area contributed by atoms with E-state index in [2.05, 4.69) is 10.6 Å². The lowest BCUT2D eigenvalue weighted by molar-refractivity contribution is -0.384. The Hall–Kier alpha value is -2.15. The van der Waals surface area contributed by atoms with Gasteiger partial charge in [-0.1, -0.05) is 0 Å². The monoisotopic (exact) mass is 293 g/mol. The number of rotatable bonds is 7. The molecular formula is C14H19N3O4. The minimum atomic E-state index is -0.496. The summed E-state index contributed by atoms with van der Waals surface area (Å²) in [6.07, 6.45) is 1.97. The van der Waals surface area contributed by atoms with Gasteiger partial charge in [-0.15, -0.1) is 0 Å². The van der Waals surface area contributed by atoms with Gasteiger partial charge in [-0.25, -0.2) is 0 Å². The summed E-state index contributed by atoms with van der Waals surface area (Å²) in [6.45, 7) is 1.96. The summed E-state index contributed by atoms with van der Waals surface area (Å²) in [5, 5.41) is 25.9. The second-order valence-corrected chi connectivity index (χ2v) is 5.30.